The van der Waals surface area contributed by atoms with Gasteiger partial charge in [0.05, 0.1) is 18.2 Å². The van der Waals surface area contributed by atoms with E-state index >= 15 is 0 Å². The first-order chi connectivity index (χ1) is 7.25. The maximum atomic E-state index is 13.2. The van der Waals surface area contributed by atoms with Gasteiger partial charge in [0.2, 0.25) is 0 Å². The molecule has 0 amide bonds. The lowest BCUT2D eigenvalue weighted by atomic mass is 10.2. The van der Waals surface area contributed by atoms with Crippen LogP contribution in [0.1, 0.15) is 5.56 Å². The smallest absolute Gasteiger partial charge is 0.142 e. The molecular formula is C11H13ClFNO. The molecule has 1 aromatic carbocycles. The quantitative estimate of drug-likeness (QED) is 0.772. The summed E-state index contributed by atoms with van der Waals surface area (Å²) in [5.41, 5.74) is 0.957. The molecule has 1 aliphatic rings. The van der Waals surface area contributed by atoms with Gasteiger partial charge >= 0.3 is 0 Å². The maximum absolute atomic E-state index is 13.2. The summed E-state index contributed by atoms with van der Waals surface area (Å²) in [4.78, 5) is 2.24. The van der Waals surface area contributed by atoms with Crippen LogP contribution in [0.5, 0.6) is 0 Å². The van der Waals surface area contributed by atoms with Crippen LogP contribution in [0.15, 0.2) is 18.2 Å². The van der Waals surface area contributed by atoms with Gasteiger partial charge in [-0.1, -0.05) is 17.7 Å². The Morgan fingerprint density at radius 2 is 2.07 bits per heavy atom. The summed E-state index contributed by atoms with van der Waals surface area (Å²) in [7, 11) is 0. The number of hydrogen-bond acceptors (Lipinski definition) is 2. The van der Waals surface area contributed by atoms with E-state index in [9.17, 15) is 4.39 Å². The molecule has 0 aromatic heterocycles. The van der Waals surface area contributed by atoms with Crippen LogP contribution in [0.2, 0.25) is 5.02 Å². The Morgan fingerprint density at radius 1 is 1.33 bits per heavy atom. The molecule has 0 N–H and O–H groups in total. The second-order valence-electron chi connectivity index (χ2n) is 3.64. The highest BCUT2D eigenvalue weighted by molar-refractivity contribution is 6.30. The predicted molar refractivity (Wildman–Crippen MR) is 57.5 cm³/mol. The van der Waals surface area contributed by atoms with Gasteiger partial charge in [0.1, 0.15) is 5.82 Å². The summed E-state index contributed by atoms with van der Waals surface area (Å²) in [5.74, 6) is -0.345. The summed E-state index contributed by atoms with van der Waals surface area (Å²) < 4.78 is 18.4. The number of rotatable bonds is 2. The zero-order valence-corrected chi connectivity index (χ0v) is 9.13. The fourth-order valence-corrected chi connectivity index (χ4v) is 1.77. The molecule has 0 spiro atoms. The summed E-state index contributed by atoms with van der Waals surface area (Å²) in [5, 5.41) is 0.181. The van der Waals surface area contributed by atoms with Crippen molar-refractivity contribution in [1.82, 2.24) is 4.90 Å². The second kappa shape index (κ2) is 4.92. The Kier molecular flexibility index (Phi) is 3.57. The number of halogens is 2. The number of ether oxygens (including phenoxy) is 1. The van der Waals surface area contributed by atoms with Crippen molar-refractivity contribution in [3.8, 4) is 0 Å². The second-order valence-corrected chi connectivity index (χ2v) is 4.04. The fraction of sp³-hybridized carbons (Fsp3) is 0.455. The van der Waals surface area contributed by atoms with Gasteiger partial charge in [0.25, 0.3) is 0 Å². The van der Waals surface area contributed by atoms with Crippen LogP contribution in [0, 0.1) is 5.82 Å². The summed E-state index contributed by atoms with van der Waals surface area (Å²) in [6.45, 7) is 4.10. The number of hydrogen-bond donors (Lipinski definition) is 0. The van der Waals surface area contributed by atoms with E-state index in [1.165, 1.54) is 6.07 Å². The first-order valence-corrected chi connectivity index (χ1v) is 5.37. The van der Waals surface area contributed by atoms with Gasteiger partial charge in [-0.3, -0.25) is 4.90 Å². The number of nitrogens with zero attached hydrogens (tertiary/aromatic N) is 1. The Balaban J connectivity index is 2.00. The van der Waals surface area contributed by atoms with E-state index in [4.69, 9.17) is 16.3 Å². The standard InChI is InChI=1S/C11H13ClFNO/c12-10-2-1-9(7-11(10)13)8-14-3-5-15-6-4-14/h1-2,7H,3-6,8H2. The lowest BCUT2D eigenvalue weighted by Crippen LogP contribution is -2.35. The molecule has 2 rings (SSSR count). The summed E-state index contributed by atoms with van der Waals surface area (Å²) in [6.07, 6.45) is 0. The molecule has 0 bridgehead atoms. The molecule has 15 heavy (non-hydrogen) atoms. The van der Waals surface area contributed by atoms with Crippen molar-refractivity contribution in [2.24, 2.45) is 0 Å². The highest BCUT2D eigenvalue weighted by Crippen LogP contribution is 2.17. The van der Waals surface area contributed by atoms with Gasteiger partial charge in [-0.05, 0) is 17.7 Å². The van der Waals surface area contributed by atoms with Crippen molar-refractivity contribution in [3.05, 3.63) is 34.6 Å². The molecular weight excluding hydrogens is 217 g/mol. The molecule has 4 heteroatoms. The van der Waals surface area contributed by atoms with Crippen molar-refractivity contribution in [3.63, 3.8) is 0 Å². The molecule has 0 aliphatic carbocycles. The third-order valence-corrected chi connectivity index (χ3v) is 2.80. The van der Waals surface area contributed by atoms with E-state index in [2.05, 4.69) is 4.90 Å². The fourth-order valence-electron chi connectivity index (χ4n) is 1.66. The lowest BCUT2D eigenvalue weighted by molar-refractivity contribution is 0.0341. The Labute approximate surface area is 93.6 Å². The largest absolute Gasteiger partial charge is 0.379 e. The van der Waals surface area contributed by atoms with Crippen molar-refractivity contribution < 1.29 is 9.13 Å². The average Bonchev–Trinajstić information content (AvgIpc) is 2.25. The van der Waals surface area contributed by atoms with E-state index in [1.54, 1.807) is 6.07 Å². The molecule has 82 valence electrons. The van der Waals surface area contributed by atoms with Crippen LogP contribution in [0.4, 0.5) is 4.39 Å². The molecule has 1 aromatic rings. The minimum absolute atomic E-state index is 0.181. The van der Waals surface area contributed by atoms with E-state index in [1.807, 2.05) is 6.07 Å². The topological polar surface area (TPSA) is 12.5 Å². The highest BCUT2D eigenvalue weighted by Gasteiger charge is 2.11. The molecule has 2 nitrogen and oxygen atoms in total. The molecule has 1 fully saturated rings. The van der Waals surface area contributed by atoms with Crippen LogP contribution < -0.4 is 0 Å². The van der Waals surface area contributed by atoms with Crippen LogP contribution in [-0.2, 0) is 11.3 Å². The zero-order valence-electron chi connectivity index (χ0n) is 8.38. The normalized spacial score (nSPS) is 18.0. The van der Waals surface area contributed by atoms with Crippen molar-refractivity contribution in [1.29, 1.82) is 0 Å². The van der Waals surface area contributed by atoms with Gasteiger partial charge in [-0.15, -0.1) is 0 Å². The molecule has 1 heterocycles. The van der Waals surface area contributed by atoms with Gasteiger partial charge in [-0.25, -0.2) is 4.39 Å². The number of benzene rings is 1. The Morgan fingerprint density at radius 3 is 2.73 bits per heavy atom. The van der Waals surface area contributed by atoms with Gasteiger partial charge in [-0.2, -0.15) is 0 Å². The molecule has 1 saturated heterocycles. The monoisotopic (exact) mass is 229 g/mol. The third kappa shape index (κ3) is 2.91. The zero-order chi connectivity index (χ0) is 10.7. The summed E-state index contributed by atoms with van der Waals surface area (Å²) >= 11 is 5.61. The maximum Gasteiger partial charge on any atom is 0.142 e. The Hall–Kier alpha value is -0.640. The molecule has 1 aliphatic heterocycles. The first-order valence-electron chi connectivity index (χ1n) is 5.00. The molecule has 0 radical (unpaired) electrons. The van der Waals surface area contributed by atoms with E-state index < -0.39 is 0 Å². The third-order valence-electron chi connectivity index (χ3n) is 2.49. The van der Waals surface area contributed by atoms with Gasteiger partial charge in [0, 0.05) is 19.6 Å². The van der Waals surface area contributed by atoms with Crippen LogP contribution in [-0.4, -0.2) is 31.2 Å². The lowest BCUT2D eigenvalue weighted by Gasteiger charge is -2.26. The van der Waals surface area contributed by atoms with E-state index in [0.29, 0.717) is 0 Å². The van der Waals surface area contributed by atoms with Crippen molar-refractivity contribution >= 4 is 11.6 Å². The van der Waals surface area contributed by atoms with Crippen LogP contribution >= 0.6 is 11.6 Å². The molecule has 0 unspecified atom stereocenters. The van der Waals surface area contributed by atoms with Crippen LogP contribution in [0.3, 0.4) is 0 Å². The van der Waals surface area contributed by atoms with Crippen LogP contribution in [0.25, 0.3) is 0 Å². The molecule has 0 atom stereocenters. The first kappa shape index (κ1) is 10.9. The van der Waals surface area contributed by atoms with E-state index in [-0.39, 0.29) is 10.8 Å². The average molecular weight is 230 g/mol. The van der Waals surface area contributed by atoms with E-state index in [0.717, 1.165) is 38.4 Å². The SMILES string of the molecule is Fc1cc(CN2CCOCC2)ccc1Cl. The predicted octanol–water partition coefficient (Wildman–Crippen LogP) is 2.31. The summed E-state index contributed by atoms with van der Waals surface area (Å²) in [6, 6.07) is 4.96. The number of morpholine rings is 1. The highest BCUT2D eigenvalue weighted by atomic mass is 35.5. The van der Waals surface area contributed by atoms with Crippen molar-refractivity contribution in [2.75, 3.05) is 26.3 Å². The molecule has 0 saturated carbocycles. The Bertz CT molecular complexity index is 339. The van der Waals surface area contributed by atoms with Gasteiger partial charge in [0.15, 0.2) is 0 Å². The minimum Gasteiger partial charge on any atom is -0.379 e. The van der Waals surface area contributed by atoms with Crippen molar-refractivity contribution in [2.45, 2.75) is 6.54 Å². The minimum atomic E-state index is -0.345. The van der Waals surface area contributed by atoms with Gasteiger partial charge < -0.3 is 4.74 Å².